The molecule has 0 radical (unpaired) electrons. The van der Waals surface area contributed by atoms with Crippen molar-refractivity contribution in [1.29, 1.82) is 0 Å². The molecule has 1 aromatic carbocycles. The van der Waals surface area contributed by atoms with Gasteiger partial charge in [0.15, 0.2) is 0 Å². The lowest BCUT2D eigenvalue weighted by Crippen LogP contribution is -2.38. The van der Waals surface area contributed by atoms with E-state index in [1.54, 1.807) is 18.6 Å². The van der Waals surface area contributed by atoms with Crippen LogP contribution >= 0.6 is 11.3 Å². The first-order valence-electron chi connectivity index (χ1n) is 7.33. The molecule has 0 aliphatic rings. The minimum absolute atomic E-state index is 0.210. The van der Waals surface area contributed by atoms with Crippen molar-refractivity contribution in [2.24, 2.45) is 0 Å². The Morgan fingerprint density at radius 1 is 1.29 bits per heavy atom. The summed E-state index contributed by atoms with van der Waals surface area (Å²) in [5.74, 6) is 0.432. The van der Waals surface area contributed by atoms with Gasteiger partial charge in [0.25, 0.3) is 10.0 Å². The average Bonchev–Trinajstić information content (AvgIpc) is 3.10. The molecule has 2 aromatic rings. The Balaban J connectivity index is 1.83. The fourth-order valence-electron chi connectivity index (χ4n) is 2.08. The first kappa shape index (κ1) is 18.4. The summed E-state index contributed by atoms with van der Waals surface area (Å²) in [6.07, 6.45) is 0.643. The van der Waals surface area contributed by atoms with E-state index in [2.05, 4.69) is 5.32 Å². The molecular formula is C16H20N2O4S2. The van der Waals surface area contributed by atoms with Gasteiger partial charge in [0.1, 0.15) is 9.96 Å². The zero-order valence-corrected chi connectivity index (χ0v) is 15.2. The van der Waals surface area contributed by atoms with E-state index in [1.807, 2.05) is 24.3 Å². The molecular weight excluding hydrogens is 348 g/mol. The van der Waals surface area contributed by atoms with E-state index in [4.69, 9.17) is 4.74 Å². The zero-order valence-electron chi connectivity index (χ0n) is 13.6. The second-order valence-electron chi connectivity index (χ2n) is 5.14. The van der Waals surface area contributed by atoms with Gasteiger partial charge < -0.3 is 10.1 Å². The number of amides is 1. The van der Waals surface area contributed by atoms with Crippen molar-refractivity contribution in [2.45, 2.75) is 10.6 Å². The highest BCUT2D eigenvalue weighted by molar-refractivity contribution is 7.91. The zero-order chi connectivity index (χ0) is 17.6. The van der Waals surface area contributed by atoms with Crippen LogP contribution in [0, 0.1) is 0 Å². The maximum absolute atomic E-state index is 12.2. The normalized spacial score (nSPS) is 11.5. The number of thiophene rings is 1. The molecule has 0 saturated heterocycles. The number of carbonyl (C=O) groups excluding carboxylic acids is 1. The lowest BCUT2D eigenvalue weighted by Gasteiger charge is -2.15. The minimum Gasteiger partial charge on any atom is -0.497 e. The summed E-state index contributed by atoms with van der Waals surface area (Å²) in [5, 5.41) is 4.42. The maximum atomic E-state index is 12.2. The summed E-state index contributed by atoms with van der Waals surface area (Å²) in [7, 11) is -0.601. The van der Waals surface area contributed by atoms with Gasteiger partial charge in [0, 0.05) is 13.6 Å². The summed E-state index contributed by atoms with van der Waals surface area (Å²) < 4.78 is 30.9. The molecule has 0 atom stereocenters. The van der Waals surface area contributed by atoms with Crippen molar-refractivity contribution in [3.8, 4) is 5.75 Å². The second kappa shape index (κ2) is 8.27. The Bertz CT molecular complexity index is 773. The van der Waals surface area contributed by atoms with Crippen molar-refractivity contribution in [2.75, 3.05) is 27.2 Å². The van der Waals surface area contributed by atoms with Gasteiger partial charge in [0.2, 0.25) is 5.91 Å². The van der Waals surface area contributed by atoms with Crippen LogP contribution in [0.15, 0.2) is 46.0 Å². The van der Waals surface area contributed by atoms with Gasteiger partial charge in [-0.15, -0.1) is 11.3 Å². The van der Waals surface area contributed by atoms with Crippen molar-refractivity contribution >= 4 is 27.3 Å². The predicted octanol–water partition coefficient (Wildman–Crippen LogP) is 1.74. The van der Waals surface area contributed by atoms with Crippen LogP contribution < -0.4 is 10.1 Å². The van der Waals surface area contributed by atoms with E-state index in [-0.39, 0.29) is 16.7 Å². The van der Waals surface area contributed by atoms with Gasteiger partial charge >= 0.3 is 0 Å². The Kier molecular flexibility index (Phi) is 6.36. The summed E-state index contributed by atoms with van der Waals surface area (Å²) in [4.78, 5) is 11.9. The van der Waals surface area contributed by atoms with Crippen LogP contribution in [0.1, 0.15) is 5.56 Å². The maximum Gasteiger partial charge on any atom is 0.252 e. The van der Waals surface area contributed by atoms with Crippen LogP contribution in [0.25, 0.3) is 0 Å². The Morgan fingerprint density at radius 3 is 2.75 bits per heavy atom. The smallest absolute Gasteiger partial charge is 0.252 e. The number of rotatable bonds is 8. The van der Waals surface area contributed by atoms with Gasteiger partial charge in [0.05, 0.1) is 13.7 Å². The molecule has 1 aromatic heterocycles. The van der Waals surface area contributed by atoms with Crippen LogP contribution in [0.4, 0.5) is 0 Å². The lowest BCUT2D eigenvalue weighted by molar-refractivity contribution is -0.121. The van der Waals surface area contributed by atoms with E-state index in [0.29, 0.717) is 13.0 Å². The number of benzene rings is 1. The highest BCUT2D eigenvalue weighted by Crippen LogP contribution is 2.19. The number of hydrogen-bond acceptors (Lipinski definition) is 5. The minimum atomic E-state index is -3.60. The third-order valence-corrected chi connectivity index (χ3v) is 6.57. The SMILES string of the molecule is COc1cccc(CCNC(=O)CN(C)S(=O)(=O)c2cccs2)c1. The van der Waals surface area contributed by atoms with Gasteiger partial charge in [-0.3, -0.25) is 4.79 Å². The quantitative estimate of drug-likeness (QED) is 0.770. The Hall–Kier alpha value is -1.90. The molecule has 1 N–H and O–H groups in total. The van der Waals surface area contributed by atoms with Gasteiger partial charge in [-0.05, 0) is 35.6 Å². The third-order valence-electron chi connectivity index (χ3n) is 3.40. The van der Waals surface area contributed by atoms with E-state index in [0.717, 1.165) is 27.0 Å². The second-order valence-corrected chi connectivity index (χ2v) is 8.36. The van der Waals surface area contributed by atoms with Crippen LogP contribution in [-0.2, 0) is 21.2 Å². The van der Waals surface area contributed by atoms with Crippen molar-refractivity contribution in [1.82, 2.24) is 9.62 Å². The number of methoxy groups -OCH3 is 1. The molecule has 1 amide bonds. The summed E-state index contributed by atoms with van der Waals surface area (Å²) in [6.45, 7) is 0.219. The van der Waals surface area contributed by atoms with Crippen LogP contribution in [-0.4, -0.2) is 45.9 Å². The molecule has 0 bridgehead atoms. The number of likely N-dealkylation sites (N-methyl/N-ethyl adjacent to an activating group) is 1. The van der Waals surface area contributed by atoms with E-state index < -0.39 is 10.0 Å². The Labute approximate surface area is 146 Å². The van der Waals surface area contributed by atoms with Crippen molar-refractivity contribution in [3.63, 3.8) is 0 Å². The molecule has 2 rings (SSSR count). The monoisotopic (exact) mass is 368 g/mol. The first-order valence-corrected chi connectivity index (χ1v) is 9.65. The first-order chi connectivity index (χ1) is 11.4. The molecule has 6 nitrogen and oxygen atoms in total. The number of sulfonamides is 1. The van der Waals surface area contributed by atoms with Crippen LogP contribution in [0.3, 0.4) is 0 Å². The number of carbonyl (C=O) groups is 1. The molecule has 0 aliphatic heterocycles. The largest absolute Gasteiger partial charge is 0.497 e. The molecule has 1 heterocycles. The molecule has 0 spiro atoms. The number of ether oxygens (including phenoxy) is 1. The molecule has 24 heavy (non-hydrogen) atoms. The molecule has 130 valence electrons. The highest BCUT2D eigenvalue weighted by Gasteiger charge is 2.23. The fourth-order valence-corrected chi connectivity index (χ4v) is 4.41. The van der Waals surface area contributed by atoms with E-state index in [9.17, 15) is 13.2 Å². The number of nitrogens with one attached hydrogen (secondary N) is 1. The van der Waals surface area contributed by atoms with Gasteiger partial charge in [-0.1, -0.05) is 18.2 Å². The molecule has 0 unspecified atom stereocenters. The average molecular weight is 368 g/mol. The molecule has 0 saturated carbocycles. The number of hydrogen-bond donors (Lipinski definition) is 1. The highest BCUT2D eigenvalue weighted by atomic mass is 32.2. The van der Waals surface area contributed by atoms with Crippen LogP contribution in [0.5, 0.6) is 5.75 Å². The predicted molar refractivity (Wildman–Crippen MR) is 93.8 cm³/mol. The van der Waals surface area contributed by atoms with E-state index >= 15 is 0 Å². The van der Waals surface area contributed by atoms with Crippen LogP contribution in [0.2, 0.25) is 0 Å². The molecule has 0 aliphatic carbocycles. The van der Waals surface area contributed by atoms with Crippen molar-refractivity contribution in [3.05, 3.63) is 47.3 Å². The number of nitrogens with zero attached hydrogens (tertiary/aromatic N) is 1. The lowest BCUT2D eigenvalue weighted by atomic mass is 10.1. The third kappa shape index (κ3) is 4.80. The standard InChI is InChI=1S/C16H20N2O4S2/c1-18(24(20,21)16-7-4-10-23-16)12-15(19)17-9-8-13-5-3-6-14(11-13)22-2/h3-7,10-11H,8-9,12H2,1-2H3,(H,17,19). The molecule has 0 fully saturated rings. The summed E-state index contributed by atoms with van der Waals surface area (Å²) >= 11 is 1.13. The Morgan fingerprint density at radius 2 is 2.08 bits per heavy atom. The van der Waals surface area contributed by atoms with Gasteiger partial charge in [-0.2, -0.15) is 4.31 Å². The van der Waals surface area contributed by atoms with Gasteiger partial charge in [-0.25, -0.2) is 8.42 Å². The summed E-state index contributed by atoms with van der Waals surface area (Å²) in [6, 6.07) is 10.8. The van der Waals surface area contributed by atoms with Crippen molar-refractivity contribution < 1.29 is 17.9 Å². The van der Waals surface area contributed by atoms with E-state index in [1.165, 1.54) is 13.1 Å². The molecule has 8 heteroatoms. The topological polar surface area (TPSA) is 75.7 Å². The summed E-state index contributed by atoms with van der Waals surface area (Å²) in [5.41, 5.74) is 1.04. The fraction of sp³-hybridized carbons (Fsp3) is 0.312.